The van der Waals surface area contributed by atoms with E-state index >= 15 is 0 Å². The number of hydrogen-bond acceptors (Lipinski definition) is 2. The molecule has 2 atom stereocenters. The first-order valence-electron chi connectivity index (χ1n) is 6.80. The average Bonchev–Trinajstić information content (AvgIpc) is 2.75. The van der Waals surface area contributed by atoms with E-state index in [1.54, 1.807) is 11.3 Å². The van der Waals surface area contributed by atoms with Gasteiger partial charge in [-0.25, -0.2) is 8.93 Å². The van der Waals surface area contributed by atoms with Gasteiger partial charge in [0.15, 0.2) is 0 Å². The quantitative estimate of drug-likeness (QED) is 0.691. The minimum absolute atomic E-state index is 0.00864. The van der Waals surface area contributed by atoms with Crippen LogP contribution < -0.4 is 4.72 Å². The van der Waals surface area contributed by atoms with Crippen molar-refractivity contribution < 1.29 is 4.21 Å². The standard InChI is InChI=1S/C16H20BrNOS2/c1-5-8-12(18-21(19)16(2,3)4)15-14(17)11-9-6-7-10-13(11)20-15/h5-7,9-10,12,18H,1,8H2,2-4H3/t12-,21+/m1/s1. The van der Waals surface area contributed by atoms with Crippen LogP contribution >= 0.6 is 27.3 Å². The molecule has 0 radical (unpaired) electrons. The summed E-state index contributed by atoms with van der Waals surface area (Å²) in [6, 6.07) is 8.30. The summed E-state index contributed by atoms with van der Waals surface area (Å²) in [5.41, 5.74) is 0. The van der Waals surface area contributed by atoms with E-state index in [1.807, 2.05) is 39.0 Å². The van der Waals surface area contributed by atoms with Gasteiger partial charge in [-0.2, -0.15) is 0 Å². The molecule has 114 valence electrons. The van der Waals surface area contributed by atoms with E-state index in [0.717, 1.165) is 10.9 Å². The molecule has 0 fully saturated rings. The van der Waals surface area contributed by atoms with E-state index < -0.39 is 11.0 Å². The summed E-state index contributed by atoms with van der Waals surface area (Å²) < 4.78 is 17.7. The van der Waals surface area contributed by atoms with Gasteiger partial charge in [0.05, 0.1) is 21.8 Å². The number of halogens is 1. The van der Waals surface area contributed by atoms with E-state index in [0.29, 0.717) is 0 Å². The van der Waals surface area contributed by atoms with Crippen LogP contribution in [0.1, 0.15) is 38.1 Å². The number of benzene rings is 1. The zero-order valence-electron chi connectivity index (χ0n) is 12.5. The highest BCUT2D eigenvalue weighted by atomic mass is 79.9. The van der Waals surface area contributed by atoms with Crippen molar-refractivity contribution in [1.82, 2.24) is 4.72 Å². The number of rotatable bonds is 5. The highest BCUT2D eigenvalue weighted by Crippen LogP contribution is 2.40. The Morgan fingerprint density at radius 3 is 2.67 bits per heavy atom. The molecule has 1 aromatic heterocycles. The van der Waals surface area contributed by atoms with Crippen LogP contribution in [0, 0.1) is 0 Å². The highest BCUT2D eigenvalue weighted by molar-refractivity contribution is 9.10. The Hall–Kier alpha value is -0.490. The van der Waals surface area contributed by atoms with Crippen LogP contribution in [0.5, 0.6) is 0 Å². The largest absolute Gasteiger partial charge is 0.242 e. The lowest BCUT2D eigenvalue weighted by Gasteiger charge is -2.23. The summed E-state index contributed by atoms with van der Waals surface area (Å²) in [5, 5.41) is 1.20. The van der Waals surface area contributed by atoms with Gasteiger partial charge in [-0.15, -0.1) is 17.9 Å². The molecule has 0 bridgehead atoms. The Kier molecular flexibility index (Phi) is 5.41. The first kappa shape index (κ1) is 16.9. The second-order valence-corrected chi connectivity index (χ2v) is 9.73. The summed E-state index contributed by atoms with van der Waals surface area (Å²) in [5.74, 6) is 0. The topological polar surface area (TPSA) is 29.1 Å². The maximum atomic E-state index is 12.4. The number of nitrogens with one attached hydrogen (secondary N) is 1. The van der Waals surface area contributed by atoms with Crippen LogP contribution in [0.15, 0.2) is 41.4 Å². The van der Waals surface area contributed by atoms with Gasteiger partial charge in [0, 0.05) is 19.4 Å². The Morgan fingerprint density at radius 2 is 2.10 bits per heavy atom. The molecular weight excluding hydrogens is 366 g/mol. The SMILES string of the molecule is C=CC[C@@H](N[S@@](=O)C(C)(C)C)c1sc2ccccc2c1Br. The minimum Gasteiger partial charge on any atom is -0.242 e. The summed E-state index contributed by atoms with van der Waals surface area (Å²) in [7, 11) is -1.11. The molecule has 1 heterocycles. The molecule has 1 N–H and O–H groups in total. The van der Waals surface area contributed by atoms with Gasteiger partial charge >= 0.3 is 0 Å². The molecule has 0 saturated carbocycles. The summed E-state index contributed by atoms with van der Waals surface area (Å²) in [4.78, 5) is 1.17. The molecule has 2 aromatic rings. The summed E-state index contributed by atoms with van der Waals surface area (Å²) in [6.45, 7) is 9.75. The molecule has 0 aliphatic carbocycles. The second kappa shape index (κ2) is 6.73. The minimum atomic E-state index is -1.11. The van der Waals surface area contributed by atoms with Crippen molar-refractivity contribution in [2.75, 3.05) is 0 Å². The summed E-state index contributed by atoms with van der Waals surface area (Å²) >= 11 is 5.43. The number of fused-ring (bicyclic) bond motifs is 1. The lowest BCUT2D eigenvalue weighted by Crippen LogP contribution is -2.35. The van der Waals surface area contributed by atoms with Crippen molar-refractivity contribution in [3.05, 3.63) is 46.3 Å². The van der Waals surface area contributed by atoms with Gasteiger partial charge < -0.3 is 0 Å². The fourth-order valence-electron chi connectivity index (χ4n) is 1.94. The maximum Gasteiger partial charge on any atom is 0.0976 e. The monoisotopic (exact) mass is 385 g/mol. The average molecular weight is 386 g/mol. The van der Waals surface area contributed by atoms with E-state index in [1.165, 1.54) is 15.0 Å². The van der Waals surface area contributed by atoms with E-state index in [-0.39, 0.29) is 10.8 Å². The third-order valence-electron chi connectivity index (χ3n) is 3.08. The molecule has 5 heteroatoms. The third kappa shape index (κ3) is 3.83. The maximum absolute atomic E-state index is 12.4. The number of hydrogen-bond donors (Lipinski definition) is 1. The molecule has 0 spiro atoms. The Balaban J connectivity index is 2.38. The second-order valence-electron chi connectivity index (χ2n) is 5.85. The van der Waals surface area contributed by atoms with E-state index in [2.05, 4.69) is 39.4 Å². The van der Waals surface area contributed by atoms with Crippen LogP contribution in [0.25, 0.3) is 10.1 Å². The van der Waals surface area contributed by atoms with Gasteiger partial charge in [-0.1, -0.05) is 24.3 Å². The molecule has 0 saturated heterocycles. The number of thiophene rings is 1. The van der Waals surface area contributed by atoms with Crippen LogP contribution in [-0.4, -0.2) is 8.96 Å². The predicted molar refractivity (Wildman–Crippen MR) is 98.1 cm³/mol. The molecule has 0 amide bonds. The molecular formula is C16H20BrNOS2. The van der Waals surface area contributed by atoms with Crippen molar-refractivity contribution in [3.8, 4) is 0 Å². The Morgan fingerprint density at radius 1 is 1.43 bits per heavy atom. The van der Waals surface area contributed by atoms with Gasteiger partial charge in [0.1, 0.15) is 0 Å². The van der Waals surface area contributed by atoms with E-state index in [4.69, 9.17) is 0 Å². The zero-order chi connectivity index (χ0) is 15.6. The normalized spacial score (nSPS) is 15.0. The van der Waals surface area contributed by atoms with Gasteiger partial charge in [0.2, 0.25) is 0 Å². The molecule has 0 aliphatic rings. The van der Waals surface area contributed by atoms with Crippen LogP contribution in [0.4, 0.5) is 0 Å². The van der Waals surface area contributed by atoms with Crippen molar-refractivity contribution in [1.29, 1.82) is 0 Å². The lowest BCUT2D eigenvalue weighted by atomic mass is 10.1. The van der Waals surface area contributed by atoms with Crippen molar-refractivity contribution in [3.63, 3.8) is 0 Å². The van der Waals surface area contributed by atoms with Gasteiger partial charge in [-0.3, -0.25) is 0 Å². The predicted octanol–water partition coefficient (Wildman–Crippen LogP) is 5.33. The van der Waals surface area contributed by atoms with Crippen molar-refractivity contribution in [2.45, 2.75) is 38.0 Å². The fourth-order valence-corrected chi connectivity index (χ4v) is 5.00. The van der Waals surface area contributed by atoms with Gasteiger partial charge in [0.25, 0.3) is 0 Å². The smallest absolute Gasteiger partial charge is 0.0976 e. The highest BCUT2D eigenvalue weighted by Gasteiger charge is 2.25. The lowest BCUT2D eigenvalue weighted by molar-refractivity contribution is 0.605. The van der Waals surface area contributed by atoms with E-state index in [9.17, 15) is 4.21 Å². The first-order chi connectivity index (χ1) is 9.84. The molecule has 0 unspecified atom stereocenters. The van der Waals surface area contributed by atoms with Crippen LogP contribution in [0.3, 0.4) is 0 Å². The van der Waals surface area contributed by atoms with Crippen molar-refractivity contribution >= 4 is 48.3 Å². The van der Waals surface area contributed by atoms with Gasteiger partial charge in [-0.05, 0) is 49.2 Å². The van der Waals surface area contributed by atoms with Crippen LogP contribution in [0.2, 0.25) is 0 Å². The Bertz CT molecular complexity index is 672. The Labute approximate surface area is 141 Å². The summed E-state index contributed by atoms with van der Waals surface area (Å²) in [6.07, 6.45) is 2.61. The van der Waals surface area contributed by atoms with Crippen molar-refractivity contribution in [2.24, 2.45) is 0 Å². The molecule has 2 nitrogen and oxygen atoms in total. The van der Waals surface area contributed by atoms with Crippen LogP contribution in [-0.2, 0) is 11.0 Å². The third-order valence-corrected chi connectivity index (χ3v) is 7.10. The fraction of sp³-hybridized carbons (Fsp3) is 0.375. The molecule has 0 aliphatic heterocycles. The molecule has 1 aromatic carbocycles. The zero-order valence-corrected chi connectivity index (χ0v) is 15.7. The first-order valence-corrected chi connectivity index (χ1v) is 9.56. The molecule has 2 rings (SSSR count). The molecule has 21 heavy (non-hydrogen) atoms.